The number of hydrogen-bond acceptors (Lipinski definition) is 5. The Morgan fingerprint density at radius 1 is 1.50 bits per heavy atom. The molecule has 0 aromatic carbocycles. The van der Waals surface area contributed by atoms with E-state index in [0.717, 1.165) is 29.4 Å². The lowest BCUT2D eigenvalue weighted by Crippen LogP contribution is -2.03. The highest BCUT2D eigenvalue weighted by Gasteiger charge is 2.11. The number of nitrogens with two attached hydrogens (primary N) is 1. The molecule has 6 heteroatoms. The summed E-state index contributed by atoms with van der Waals surface area (Å²) in [5.41, 5.74) is 6.56. The third-order valence-electron chi connectivity index (χ3n) is 2.16. The van der Waals surface area contributed by atoms with Crippen LogP contribution in [0.15, 0.2) is 5.38 Å². The lowest BCUT2D eigenvalue weighted by molar-refractivity contribution is 0.807. The van der Waals surface area contributed by atoms with Crippen molar-refractivity contribution in [3.8, 4) is 11.5 Å². The first-order valence-electron chi connectivity index (χ1n) is 5.33. The molecule has 1 atom stereocenters. The number of thiazole rings is 1. The summed E-state index contributed by atoms with van der Waals surface area (Å²) >= 11 is 1.55. The van der Waals surface area contributed by atoms with Gasteiger partial charge in [0.05, 0.1) is 6.04 Å². The summed E-state index contributed by atoms with van der Waals surface area (Å²) in [5, 5.41) is 9.92. The zero-order chi connectivity index (χ0) is 11.5. The first kappa shape index (κ1) is 11.2. The van der Waals surface area contributed by atoms with Crippen molar-refractivity contribution in [1.29, 1.82) is 0 Å². The monoisotopic (exact) mass is 237 g/mol. The highest BCUT2D eigenvalue weighted by atomic mass is 32.1. The fraction of sp³-hybridized carbons (Fsp3) is 0.500. The van der Waals surface area contributed by atoms with Gasteiger partial charge in [-0.1, -0.05) is 6.92 Å². The fourth-order valence-electron chi connectivity index (χ4n) is 1.36. The Hall–Kier alpha value is -1.27. The van der Waals surface area contributed by atoms with Crippen LogP contribution in [-0.4, -0.2) is 20.2 Å². The Morgan fingerprint density at radius 2 is 2.31 bits per heavy atom. The van der Waals surface area contributed by atoms with Crippen molar-refractivity contribution in [3.63, 3.8) is 0 Å². The van der Waals surface area contributed by atoms with Gasteiger partial charge in [-0.15, -0.1) is 11.3 Å². The third kappa shape index (κ3) is 2.28. The SMILES string of the molecule is CCCc1nc(-c2csc(C(C)N)n2)n[nH]1. The maximum absolute atomic E-state index is 5.76. The van der Waals surface area contributed by atoms with Gasteiger partial charge in [-0.25, -0.2) is 9.97 Å². The van der Waals surface area contributed by atoms with E-state index in [1.807, 2.05) is 12.3 Å². The van der Waals surface area contributed by atoms with Crippen LogP contribution in [0.3, 0.4) is 0 Å². The van der Waals surface area contributed by atoms with Gasteiger partial charge in [0.1, 0.15) is 16.5 Å². The maximum atomic E-state index is 5.76. The predicted octanol–water partition coefficient (Wildman–Crippen LogP) is 1.90. The molecule has 0 saturated heterocycles. The maximum Gasteiger partial charge on any atom is 0.200 e. The molecule has 0 spiro atoms. The lowest BCUT2D eigenvalue weighted by Gasteiger charge is -1.95. The van der Waals surface area contributed by atoms with Crippen LogP contribution in [0.25, 0.3) is 11.5 Å². The van der Waals surface area contributed by atoms with Gasteiger partial charge in [0.2, 0.25) is 5.82 Å². The van der Waals surface area contributed by atoms with Crippen molar-refractivity contribution < 1.29 is 0 Å². The third-order valence-corrected chi connectivity index (χ3v) is 3.20. The Kier molecular flexibility index (Phi) is 3.31. The van der Waals surface area contributed by atoms with Gasteiger partial charge in [0, 0.05) is 11.8 Å². The second-order valence-electron chi connectivity index (χ2n) is 3.72. The zero-order valence-corrected chi connectivity index (χ0v) is 10.2. The van der Waals surface area contributed by atoms with Gasteiger partial charge >= 0.3 is 0 Å². The van der Waals surface area contributed by atoms with E-state index in [-0.39, 0.29) is 6.04 Å². The molecule has 0 amide bonds. The molecule has 1 unspecified atom stereocenters. The van der Waals surface area contributed by atoms with Crippen molar-refractivity contribution in [2.24, 2.45) is 5.73 Å². The van der Waals surface area contributed by atoms with Crippen molar-refractivity contribution in [2.75, 3.05) is 0 Å². The number of aromatic amines is 1. The number of nitrogens with one attached hydrogen (secondary N) is 1. The van der Waals surface area contributed by atoms with Crippen LogP contribution in [0.4, 0.5) is 0 Å². The van der Waals surface area contributed by atoms with E-state index < -0.39 is 0 Å². The molecular weight excluding hydrogens is 222 g/mol. The van der Waals surface area contributed by atoms with E-state index in [1.54, 1.807) is 11.3 Å². The standard InChI is InChI=1S/C10H15N5S/c1-3-4-8-13-9(15-14-8)7-5-16-10(12-7)6(2)11/h5-6H,3-4,11H2,1-2H3,(H,13,14,15). The van der Waals surface area contributed by atoms with E-state index in [4.69, 9.17) is 5.73 Å². The summed E-state index contributed by atoms with van der Waals surface area (Å²) in [5.74, 6) is 1.57. The van der Waals surface area contributed by atoms with Crippen LogP contribution in [0.5, 0.6) is 0 Å². The van der Waals surface area contributed by atoms with Crippen LogP contribution >= 0.6 is 11.3 Å². The van der Waals surface area contributed by atoms with Crippen LogP contribution < -0.4 is 5.73 Å². The normalized spacial score (nSPS) is 12.9. The number of rotatable bonds is 4. The molecule has 0 aliphatic rings. The Bertz CT molecular complexity index is 459. The number of nitrogens with zero attached hydrogens (tertiary/aromatic N) is 3. The van der Waals surface area contributed by atoms with Crippen LogP contribution in [-0.2, 0) is 6.42 Å². The molecule has 0 radical (unpaired) electrons. The minimum absolute atomic E-state index is 0.0344. The average molecular weight is 237 g/mol. The second-order valence-corrected chi connectivity index (χ2v) is 4.61. The van der Waals surface area contributed by atoms with Crippen molar-refractivity contribution >= 4 is 11.3 Å². The van der Waals surface area contributed by atoms with E-state index in [2.05, 4.69) is 27.1 Å². The summed E-state index contributed by atoms with van der Waals surface area (Å²) in [7, 11) is 0. The molecule has 0 aliphatic carbocycles. The lowest BCUT2D eigenvalue weighted by atomic mass is 10.3. The topological polar surface area (TPSA) is 80.5 Å². The first-order chi connectivity index (χ1) is 7.70. The minimum atomic E-state index is -0.0344. The summed E-state index contributed by atoms with van der Waals surface area (Å²) in [6.07, 6.45) is 1.97. The van der Waals surface area contributed by atoms with E-state index in [1.165, 1.54) is 0 Å². The summed E-state index contributed by atoms with van der Waals surface area (Å²) in [6.45, 7) is 4.03. The molecule has 0 fully saturated rings. The molecule has 2 heterocycles. The predicted molar refractivity (Wildman–Crippen MR) is 64.1 cm³/mol. The summed E-state index contributed by atoms with van der Waals surface area (Å²) < 4.78 is 0. The van der Waals surface area contributed by atoms with Crippen LogP contribution in [0, 0.1) is 0 Å². The molecule has 86 valence electrons. The smallest absolute Gasteiger partial charge is 0.200 e. The first-order valence-corrected chi connectivity index (χ1v) is 6.21. The average Bonchev–Trinajstić information content (AvgIpc) is 2.84. The van der Waals surface area contributed by atoms with Gasteiger partial charge in [0.15, 0.2) is 0 Å². The van der Waals surface area contributed by atoms with Gasteiger partial charge in [0.25, 0.3) is 0 Å². The van der Waals surface area contributed by atoms with Gasteiger partial charge in [-0.05, 0) is 13.3 Å². The quantitative estimate of drug-likeness (QED) is 0.851. The molecule has 2 aromatic rings. The molecule has 0 bridgehead atoms. The number of aryl methyl sites for hydroxylation is 1. The largest absolute Gasteiger partial charge is 0.322 e. The minimum Gasteiger partial charge on any atom is -0.322 e. The molecule has 5 nitrogen and oxygen atoms in total. The number of H-pyrrole nitrogens is 1. The fourth-order valence-corrected chi connectivity index (χ4v) is 2.11. The van der Waals surface area contributed by atoms with Gasteiger partial charge in [-0.2, -0.15) is 5.10 Å². The second kappa shape index (κ2) is 4.71. The number of hydrogen-bond donors (Lipinski definition) is 2. The van der Waals surface area contributed by atoms with E-state index in [9.17, 15) is 0 Å². The van der Waals surface area contributed by atoms with Crippen molar-refractivity contribution in [1.82, 2.24) is 20.2 Å². The molecule has 0 aliphatic heterocycles. The molecule has 2 aromatic heterocycles. The van der Waals surface area contributed by atoms with Gasteiger partial charge in [-0.3, -0.25) is 5.10 Å². The van der Waals surface area contributed by atoms with Gasteiger partial charge < -0.3 is 5.73 Å². The molecule has 2 rings (SSSR count). The van der Waals surface area contributed by atoms with E-state index in [0.29, 0.717) is 5.82 Å². The number of aromatic nitrogens is 4. The van der Waals surface area contributed by atoms with E-state index >= 15 is 0 Å². The Labute approximate surface area is 98.1 Å². The van der Waals surface area contributed by atoms with Crippen LogP contribution in [0.2, 0.25) is 0 Å². The Morgan fingerprint density at radius 3 is 2.94 bits per heavy atom. The molecule has 0 saturated carbocycles. The molecule has 16 heavy (non-hydrogen) atoms. The summed E-state index contributed by atoms with van der Waals surface area (Å²) in [6, 6.07) is -0.0344. The summed E-state index contributed by atoms with van der Waals surface area (Å²) in [4.78, 5) is 8.78. The molecule has 3 N–H and O–H groups in total. The van der Waals surface area contributed by atoms with Crippen molar-refractivity contribution in [2.45, 2.75) is 32.7 Å². The van der Waals surface area contributed by atoms with Crippen molar-refractivity contribution in [3.05, 3.63) is 16.2 Å². The van der Waals surface area contributed by atoms with Crippen LogP contribution in [0.1, 0.15) is 37.1 Å². The highest BCUT2D eigenvalue weighted by Crippen LogP contribution is 2.21. The Balaban J connectivity index is 2.21. The zero-order valence-electron chi connectivity index (χ0n) is 9.40. The highest BCUT2D eigenvalue weighted by molar-refractivity contribution is 7.10. The molecular formula is C10H15N5S.